The van der Waals surface area contributed by atoms with Gasteiger partial charge in [-0.05, 0) is 54.2 Å². The van der Waals surface area contributed by atoms with Crippen LogP contribution in [0.5, 0.6) is 5.75 Å². The molecular formula is C24H25FN6O. The molecule has 4 heterocycles. The Labute approximate surface area is 185 Å². The SMILES string of the molecule is C[C@@H]1C[C@H](C)CN(c2ccc(-c3ncc(-c4cc(F)c5nn(C)cc5c4)cc3O)nn2)C1. The number of aromatic hydroxyl groups is 1. The molecule has 164 valence electrons. The van der Waals surface area contributed by atoms with Crippen molar-refractivity contribution in [3.8, 4) is 28.3 Å². The number of pyridine rings is 1. The first-order valence-corrected chi connectivity index (χ1v) is 10.8. The van der Waals surface area contributed by atoms with E-state index in [-0.39, 0.29) is 5.75 Å². The van der Waals surface area contributed by atoms with Gasteiger partial charge in [-0.15, -0.1) is 10.2 Å². The third kappa shape index (κ3) is 3.77. The molecule has 1 aromatic carbocycles. The topological polar surface area (TPSA) is 80.0 Å². The Kier molecular flexibility index (Phi) is 5.00. The van der Waals surface area contributed by atoms with Crippen molar-refractivity contribution in [2.75, 3.05) is 18.0 Å². The van der Waals surface area contributed by atoms with Crippen molar-refractivity contribution in [2.45, 2.75) is 20.3 Å². The minimum atomic E-state index is -0.413. The number of benzene rings is 1. The first-order valence-electron chi connectivity index (χ1n) is 10.8. The van der Waals surface area contributed by atoms with E-state index in [0.717, 1.165) is 18.9 Å². The van der Waals surface area contributed by atoms with Crippen LogP contribution in [0.25, 0.3) is 33.4 Å². The zero-order chi connectivity index (χ0) is 22.4. The molecule has 2 atom stereocenters. The molecule has 5 rings (SSSR count). The standard InChI is InChI=1S/C24H25FN6O/c1-14-6-15(2)12-31(11-14)22-5-4-20(27-28-22)24-21(32)9-17(10-26-24)16-7-18-13-30(3)29-23(18)19(25)8-16/h4-5,7-10,13-15,32H,6,11-12H2,1-3H3/t14-,15+. The Hall–Kier alpha value is -3.55. The van der Waals surface area contributed by atoms with Gasteiger partial charge in [-0.3, -0.25) is 4.68 Å². The summed E-state index contributed by atoms with van der Waals surface area (Å²) in [4.78, 5) is 6.66. The van der Waals surface area contributed by atoms with Gasteiger partial charge in [-0.1, -0.05) is 13.8 Å². The van der Waals surface area contributed by atoms with E-state index in [1.54, 1.807) is 30.2 Å². The van der Waals surface area contributed by atoms with Crippen molar-refractivity contribution in [1.29, 1.82) is 0 Å². The minimum absolute atomic E-state index is 0.0311. The van der Waals surface area contributed by atoms with Crippen LogP contribution in [0.2, 0.25) is 0 Å². The predicted octanol–water partition coefficient (Wildman–Crippen LogP) is 4.42. The van der Waals surface area contributed by atoms with Gasteiger partial charge < -0.3 is 10.0 Å². The van der Waals surface area contributed by atoms with Crippen LogP contribution in [0.4, 0.5) is 10.2 Å². The van der Waals surface area contributed by atoms with Crippen LogP contribution < -0.4 is 4.90 Å². The van der Waals surface area contributed by atoms with E-state index in [1.165, 1.54) is 12.5 Å². The average Bonchev–Trinajstić information content (AvgIpc) is 3.14. The van der Waals surface area contributed by atoms with Crippen LogP contribution >= 0.6 is 0 Å². The van der Waals surface area contributed by atoms with E-state index >= 15 is 0 Å². The van der Waals surface area contributed by atoms with Gasteiger partial charge >= 0.3 is 0 Å². The van der Waals surface area contributed by atoms with Crippen molar-refractivity contribution < 1.29 is 9.50 Å². The molecule has 0 unspecified atom stereocenters. The molecule has 7 nitrogen and oxygen atoms in total. The van der Waals surface area contributed by atoms with Crippen molar-refractivity contribution in [3.05, 3.63) is 48.5 Å². The number of nitrogens with zero attached hydrogens (tertiary/aromatic N) is 6. The van der Waals surface area contributed by atoms with Crippen LogP contribution in [-0.4, -0.2) is 43.2 Å². The van der Waals surface area contributed by atoms with Crippen LogP contribution in [-0.2, 0) is 7.05 Å². The molecule has 0 amide bonds. The summed E-state index contributed by atoms with van der Waals surface area (Å²) < 4.78 is 16.0. The monoisotopic (exact) mass is 432 g/mol. The fourth-order valence-electron chi connectivity index (χ4n) is 4.66. The highest BCUT2D eigenvalue weighted by molar-refractivity contribution is 5.85. The Balaban J connectivity index is 1.42. The van der Waals surface area contributed by atoms with Crippen LogP contribution in [0.15, 0.2) is 42.7 Å². The zero-order valence-electron chi connectivity index (χ0n) is 18.3. The third-order valence-electron chi connectivity index (χ3n) is 5.96. The van der Waals surface area contributed by atoms with Gasteiger partial charge in [0, 0.05) is 43.5 Å². The number of anilines is 1. The van der Waals surface area contributed by atoms with E-state index in [2.05, 4.69) is 39.0 Å². The first-order chi connectivity index (χ1) is 15.4. The number of halogens is 1. The van der Waals surface area contributed by atoms with Crippen LogP contribution in [0, 0.1) is 17.7 Å². The highest BCUT2D eigenvalue weighted by Gasteiger charge is 2.23. The van der Waals surface area contributed by atoms with Gasteiger partial charge in [-0.2, -0.15) is 5.10 Å². The lowest BCUT2D eigenvalue weighted by molar-refractivity contribution is 0.355. The number of aryl methyl sites for hydroxylation is 1. The lowest BCUT2D eigenvalue weighted by atomic mass is 9.92. The molecule has 1 aliphatic heterocycles. The maximum Gasteiger partial charge on any atom is 0.151 e. The summed E-state index contributed by atoms with van der Waals surface area (Å²) in [7, 11) is 1.75. The number of piperidine rings is 1. The molecular weight excluding hydrogens is 407 g/mol. The highest BCUT2D eigenvalue weighted by atomic mass is 19.1. The highest BCUT2D eigenvalue weighted by Crippen LogP contribution is 2.33. The van der Waals surface area contributed by atoms with Gasteiger partial charge in [0.2, 0.25) is 0 Å². The second kappa shape index (κ2) is 7.85. The van der Waals surface area contributed by atoms with Crippen molar-refractivity contribution >= 4 is 16.7 Å². The molecule has 3 aromatic heterocycles. The lowest BCUT2D eigenvalue weighted by Gasteiger charge is -2.35. The smallest absolute Gasteiger partial charge is 0.151 e. The number of rotatable bonds is 3. The largest absolute Gasteiger partial charge is 0.506 e. The quantitative estimate of drug-likeness (QED) is 0.516. The summed E-state index contributed by atoms with van der Waals surface area (Å²) in [6, 6.07) is 8.56. The van der Waals surface area contributed by atoms with Crippen molar-refractivity contribution in [2.24, 2.45) is 18.9 Å². The number of aromatic nitrogens is 5. The molecule has 4 aromatic rings. The maximum atomic E-state index is 14.4. The summed E-state index contributed by atoms with van der Waals surface area (Å²) in [6.45, 7) is 6.45. The van der Waals surface area contributed by atoms with E-state index in [9.17, 15) is 9.50 Å². The zero-order valence-corrected chi connectivity index (χ0v) is 18.3. The minimum Gasteiger partial charge on any atom is -0.506 e. The van der Waals surface area contributed by atoms with Crippen molar-refractivity contribution in [1.82, 2.24) is 25.0 Å². The average molecular weight is 433 g/mol. The Morgan fingerprint density at radius 1 is 1.03 bits per heavy atom. The van der Waals surface area contributed by atoms with Crippen molar-refractivity contribution in [3.63, 3.8) is 0 Å². The lowest BCUT2D eigenvalue weighted by Crippen LogP contribution is -2.39. The second-order valence-electron chi connectivity index (χ2n) is 8.92. The summed E-state index contributed by atoms with van der Waals surface area (Å²) in [5.41, 5.74) is 2.38. The number of hydrogen-bond acceptors (Lipinski definition) is 6. The molecule has 1 saturated heterocycles. The van der Waals surface area contributed by atoms with Gasteiger partial charge in [-0.25, -0.2) is 9.37 Å². The van der Waals surface area contributed by atoms with E-state index in [1.807, 2.05) is 18.2 Å². The molecule has 8 heteroatoms. The van der Waals surface area contributed by atoms with Crippen LogP contribution in [0.3, 0.4) is 0 Å². The van der Waals surface area contributed by atoms with Gasteiger partial charge in [0.25, 0.3) is 0 Å². The molecule has 0 spiro atoms. The first kappa shape index (κ1) is 20.4. The Bertz CT molecular complexity index is 1280. The Morgan fingerprint density at radius 2 is 1.81 bits per heavy atom. The molecule has 1 fully saturated rings. The predicted molar refractivity (Wildman–Crippen MR) is 122 cm³/mol. The van der Waals surface area contributed by atoms with Gasteiger partial charge in [0.15, 0.2) is 11.6 Å². The molecule has 0 bridgehead atoms. The molecule has 32 heavy (non-hydrogen) atoms. The summed E-state index contributed by atoms with van der Waals surface area (Å²) >= 11 is 0. The molecule has 1 N–H and O–H groups in total. The molecule has 0 radical (unpaired) electrons. The molecule has 0 saturated carbocycles. The van der Waals surface area contributed by atoms with E-state index in [0.29, 0.717) is 45.3 Å². The summed E-state index contributed by atoms with van der Waals surface area (Å²) in [6.07, 6.45) is 4.59. The summed E-state index contributed by atoms with van der Waals surface area (Å²) in [5, 5.41) is 24.1. The normalized spacial score (nSPS) is 18.9. The maximum absolute atomic E-state index is 14.4. The second-order valence-corrected chi connectivity index (χ2v) is 8.92. The van der Waals surface area contributed by atoms with E-state index < -0.39 is 5.82 Å². The fourth-order valence-corrected chi connectivity index (χ4v) is 4.66. The summed E-state index contributed by atoms with van der Waals surface area (Å²) in [5.74, 6) is 1.63. The Morgan fingerprint density at radius 3 is 2.50 bits per heavy atom. The molecule has 1 aliphatic rings. The number of hydrogen-bond donors (Lipinski definition) is 1. The van der Waals surface area contributed by atoms with Gasteiger partial charge in [0.1, 0.15) is 22.7 Å². The fraction of sp³-hybridized carbons (Fsp3) is 0.333. The third-order valence-corrected chi connectivity index (χ3v) is 5.96. The molecule has 0 aliphatic carbocycles. The number of fused-ring (bicyclic) bond motifs is 1. The van der Waals surface area contributed by atoms with E-state index in [4.69, 9.17) is 0 Å². The van der Waals surface area contributed by atoms with Crippen LogP contribution in [0.1, 0.15) is 20.3 Å². The van der Waals surface area contributed by atoms with Gasteiger partial charge in [0.05, 0.1) is 0 Å².